The number of aliphatic carboxylic acids is 5. The van der Waals surface area contributed by atoms with Crippen molar-refractivity contribution < 1.29 is 108 Å². The van der Waals surface area contributed by atoms with Crippen LogP contribution in [0.1, 0.15) is 34.6 Å². The van der Waals surface area contributed by atoms with Crippen LogP contribution in [0.4, 0.5) is 0 Å². The number of carboxylic acids is 5. The summed E-state index contributed by atoms with van der Waals surface area (Å²) >= 11 is 0. The van der Waals surface area contributed by atoms with E-state index in [0.717, 1.165) is 34.6 Å². The molecule has 22 heavy (non-hydrogen) atoms. The van der Waals surface area contributed by atoms with Crippen molar-refractivity contribution >= 4 is 29.8 Å². The third-order valence-electron chi connectivity index (χ3n) is 0. The summed E-state index contributed by atoms with van der Waals surface area (Å²) < 4.78 is 0. The third-order valence-corrected chi connectivity index (χ3v) is 0. The van der Waals surface area contributed by atoms with E-state index in [2.05, 4.69) is 0 Å². The summed E-state index contributed by atoms with van der Waals surface area (Å²) in [5.74, 6) is -4.67. The van der Waals surface area contributed by atoms with Crippen LogP contribution in [-0.4, -0.2) is 45.2 Å². The molecule has 12 heteroatoms. The Morgan fingerprint density at radius 3 is 0.591 bits per heavy atom. The molecule has 0 spiro atoms. The molecule has 0 aromatic rings. The molecule has 126 valence electrons. The van der Waals surface area contributed by atoms with Crippen molar-refractivity contribution in [1.29, 1.82) is 0 Å². The largest absolute Gasteiger partial charge is 1.00 e. The fraction of sp³-hybridized carbons (Fsp3) is 0.500. The van der Waals surface area contributed by atoms with Gasteiger partial charge in [-0.15, -0.1) is 0 Å². The number of carboxylic acid groups (broad SMARTS) is 5. The van der Waals surface area contributed by atoms with Gasteiger partial charge in [-0.3, -0.25) is 14.4 Å². The van der Waals surface area contributed by atoms with Gasteiger partial charge in [0.1, 0.15) is 0 Å². The van der Waals surface area contributed by atoms with Crippen molar-refractivity contribution in [2.75, 3.05) is 0 Å². The zero-order chi connectivity index (χ0) is 17.9. The molecule has 0 atom stereocenters. The van der Waals surface area contributed by atoms with Gasteiger partial charge in [0.25, 0.3) is 17.9 Å². The molecule has 0 saturated heterocycles. The monoisotopic (exact) mass is 559 g/mol. The molecule has 0 rings (SSSR count). The van der Waals surface area contributed by atoms with Crippen molar-refractivity contribution in [2.45, 2.75) is 34.6 Å². The van der Waals surface area contributed by atoms with E-state index in [1.165, 1.54) is 0 Å². The zero-order valence-electron chi connectivity index (χ0n) is 13.1. The summed E-state index contributed by atoms with van der Waals surface area (Å²) in [7, 11) is 0. The smallest absolute Gasteiger partial charge is 0.550 e. The molecule has 0 saturated carbocycles. The molecule has 3 N–H and O–H groups in total. The van der Waals surface area contributed by atoms with Gasteiger partial charge in [-0.2, -0.15) is 0 Å². The van der Waals surface area contributed by atoms with Crippen LogP contribution in [0.2, 0.25) is 0 Å². The predicted octanol–water partition coefficient (Wildman–Crippen LogP) is -5.21. The van der Waals surface area contributed by atoms with E-state index in [1.54, 1.807) is 0 Å². The topological polar surface area (TPSA) is 192 Å². The summed E-state index contributed by atoms with van der Waals surface area (Å²) in [4.78, 5) is 44.8. The van der Waals surface area contributed by atoms with Gasteiger partial charge in [0.15, 0.2) is 0 Å². The molecule has 0 amide bonds. The second kappa shape index (κ2) is 37.0. The van der Waals surface area contributed by atoms with Crippen molar-refractivity contribution in [2.24, 2.45) is 0 Å². The fourth-order valence-corrected chi connectivity index (χ4v) is 0. The van der Waals surface area contributed by atoms with Gasteiger partial charge in [-0.1, -0.05) is 0 Å². The Morgan fingerprint density at radius 1 is 0.591 bits per heavy atom. The van der Waals surface area contributed by atoms with Gasteiger partial charge in [0.2, 0.25) is 0 Å². The van der Waals surface area contributed by atoms with Crippen LogP contribution >= 0.6 is 0 Å². The molecular weight excluding hydrogens is 547 g/mol. The van der Waals surface area contributed by atoms with Crippen LogP contribution in [0.25, 0.3) is 0 Å². The fourth-order valence-electron chi connectivity index (χ4n) is 0. The Morgan fingerprint density at radius 2 is 0.591 bits per heavy atom. The van der Waals surface area contributed by atoms with Gasteiger partial charge < -0.3 is 35.1 Å². The first-order valence-corrected chi connectivity index (χ1v) is 4.60. The summed E-state index contributed by atoms with van der Waals surface area (Å²) in [5.41, 5.74) is 0. The SMILES string of the molecule is CC(=O)O.CC(=O)O.CC(=O)O.CC(=O)[O-].CC(=O)[O-].[Na+].[Pu]. The first-order valence-electron chi connectivity index (χ1n) is 4.60. The zero-order valence-corrected chi connectivity index (χ0v) is 18.5. The van der Waals surface area contributed by atoms with E-state index >= 15 is 0 Å². The Hall–Kier alpha value is -0.663. The average Bonchev–Trinajstić information content (AvgIpc) is 1.94. The molecule has 0 fully saturated rings. The van der Waals surface area contributed by atoms with E-state index in [0.29, 0.717) is 0 Å². The molecule has 10 nitrogen and oxygen atoms in total. The number of rotatable bonds is 0. The van der Waals surface area contributed by atoms with Crippen LogP contribution in [0.5, 0.6) is 0 Å². The maximum Gasteiger partial charge on any atom is 1.00 e. The van der Waals surface area contributed by atoms with Crippen LogP contribution in [0.3, 0.4) is 0 Å². The molecule has 0 aromatic heterocycles. The van der Waals surface area contributed by atoms with Crippen LogP contribution < -0.4 is 39.8 Å². The maximum absolute atomic E-state index is 9.00. The van der Waals surface area contributed by atoms with Crippen LogP contribution in [0.15, 0.2) is 0 Å². The quantitative estimate of drug-likeness (QED) is 0.239. The summed E-state index contributed by atoms with van der Waals surface area (Å²) in [6, 6.07) is 0. The number of carbonyl (C=O) groups excluding carboxylic acids is 2. The van der Waals surface area contributed by atoms with Crippen molar-refractivity contribution in [1.82, 2.24) is 0 Å². The minimum atomic E-state index is -1.08. The summed E-state index contributed by atoms with van der Waals surface area (Å²) in [5, 5.41) is 40.0. The van der Waals surface area contributed by atoms with Crippen LogP contribution in [-0.2, 0) is 24.0 Å². The Bertz CT molecular complexity index is 216. The predicted molar refractivity (Wildman–Crippen MR) is 61.3 cm³/mol. The number of carbonyl (C=O) groups is 5. The third kappa shape index (κ3) is 14800. The standard InChI is InChI=1S/5C2H4O2.Na.Pu/c5*1-2(3)4;;/h5*1H3,(H,3,4);;/q;;;;;+1;/p-2. The van der Waals surface area contributed by atoms with Gasteiger partial charge in [-0.05, 0) is 13.8 Å². The normalized spacial score (nSPS) is 5.68. The van der Waals surface area contributed by atoms with Crippen molar-refractivity contribution in [3.8, 4) is 0 Å². The Kier molecular flexibility index (Phi) is 72.2. The van der Waals surface area contributed by atoms with Gasteiger partial charge in [-0.25, -0.2) is 0 Å². The molecule has 0 bridgehead atoms. The van der Waals surface area contributed by atoms with Gasteiger partial charge in [0, 0.05) is 61.9 Å². The molecule has 0 aromatic carbocycles. The minimum absolute atomic E-state index is 0. The van der Waals surface area contributed by atoms with Gasteiger partial charge >= 0.3 is 29.6 Å². The second-order valence-corrected chi connectivity index (χ2v) is 2.54. The molecule has 0 unspecified atom stereocenters. The van der Waals surface area contributed by atoms with E-state index < -0.39 is 29.8 Å². The number of hydrogen-bond donors (Lipinski definition) is 3. The minimum Gasteiger partial charge on any atom is -0.550 e. The van der Waals surface area contributed by atoms with E-state index in [1.807, 2.05) is 0 Å². The summed E-state index contributed by atoms with van der Waals surface area (Å²) in [6.07, 6.45) is 0. The maximum atomic E-state index is 9.00. The Labute approximate surface area is 171 Å². The molecule has 0 aliphatic carbocycles. The molecule has 0 aliphatic heterocycles. The van der Waals surface area contributed by atoms with E-state index in [9.17, 15) is 0 Å². The number of hydrogen-bond acceptors (Lipinski definition) is 7. The second-order valence-electron chi connectivity index (χ2n) is 2.54. The molecule has 0 radical (unpaired) electrons. The summed E-state index contributed by atoms with van der Waals surface area (Å²) in [6.45, 7) is 5.19. The molecule has 0 heterocycles. The van der Waals surface area contributed by atoms with Crippen molar-refractivity contribution in [3.05, 3.63) is 0 Å². The average molecular weight is 565 g/mol. The van der Waals surface area contributed by atoms with Crippen LogP contribution in [0, 0.1) is 29.2 Å². The Balaban J connectivity index is -0.0000000250. The first-order chi connectivity index (χ1) is 8.66. The molecular formula is C10H18NaO10Pu-. The van der Waals surface area contributed by atoms with E-state index in [4.69, 9.17) is 49.5 Å². The first kappa shape index (κ1) is 42.9. The van der Waals surface area contributed by atoms with E-state index in [-0.39, 0.29) is 58.7 Å². The molecule has 0 aliphatic rings. The van der Waals surface area contributed by atoms with Gasteiger partial charge in [0.05, 0.1) is 0 Å². The van der Waals surface area contributed by atoms with Crippen molar-refractivity contribution in [3.63, 3.8) is 0 Å².